The van der Waals surface area contributed by atoms with E-state index in [0.29, 0.717) is 10.0 Å². The molecule has 2 aromatic carbocycles. The number of hydrogen-bond donors (Lipinski definition) is 0. The zero-order valence-electron chi connectivity index (χ0n) is 15.2. The molecule has 5 heteroatoms. The monoisotopic (exact) mass is 405 g/mol. The van der Waals surface area contributed by atoms with Crippen molar-refractivity contribution in [1.82, 2.24) is 9.97 Å². The lowest BCUT2D eigenvalue weighted by Gasteiger charge is -2.25. The fourth-order valence-electron chi connectivity index (χ4n) is 3.25. The first-order chi connectivity index (χ1) is 13.7. The van der Waals surface area contributed by atoms with Crippen molar-refractivity contribution in [2.45, 2.75) is 0 Å². The number of nitrogens with zero attached hydrogens (tertiary/aromatic N) is 3. The average Bonchev–Trinajstić information content (AvgIpc) is 2.74. The Hall–Kier alpha value is -2.88. The molecule has 0 amide bonds. The standard InChI is InChI=1S/C23H17Cl2N3/c1-28(22-14-26-12-10-18(22)16-6-2-4-8-20(16)24)23-15-27-13-11-19(23)17-7-3-5-9-21(17)25/h2-15H,1H3. The number of benzene rings is 2. The Labute approximate surface area is 174 Å². The van der Waals surface area contributed by atoms with Gasteiger partial charge in [0.2, 0.25) is 0 Å². The van der Waals surface area contributed by atoms with Gasteiger partial charge in [0.25, 0.3) is 0 Å². The maximum Gasteiger partial charge on any atom is 0.0675 e. The fraction of sp³-hybridized carbons (Fsp3) is 0.0435. The van der Waals surface area contributed by atoms with Gasteiger partial charge in [-0.3, -0.25) is 9.97 Å². The van der Waals surface area contributed by atoms with Crippen LogP contribution in [-0.2, 0) is 0 Å². The highest BCUT2D eigenvalue weighted by Crippen LogP contribution is 2.40. The molecule has 0 unspecified atom stereocenters. The summed E-state index contributed by atoms with van der Waals surface area (Å²) in [4.78, 5) is 10.7. The maximum atomic E-state index is 6.46. The summed E-state index contributed by atoms with van der Waals surface area (Å²) < 4.78 is 0. The van der Waals surface area contributed by atoms with Crippen LogP contribution in [-0.4, -0.2) is 17.0 Å². The molecule has 2 aromatic heterocycles. The number of halogens is 2. The lowest BCUT2D eigenvalue weighted by molar-refractivity contribution is 1.15. The molecule has 138 valence electrons. The molecule has 3 nitrogen and oxygen atoms in total. The molecule has 4 rings (SSSR count). The summed E-state index contributed by atoms with van der Waals surface area (Å²) in [5.74, 6) is 0. The predicted molar refractivity (Wildman–Crippen MR) is 117 cm³/mol. The molecule has 0 saturated carbocycles. The summed E-state index contributed by atoms with van der Waals surface area (Å²) in [6.07, 6.45) is 7.21. The molecular weight excluding hydrogens is 389 g/mol. The predicted octanol–water partition coefficient (Wildman–Crippen LogP) is 6.89. The Kier molecular flexibility index (Phi) is 5.29. The van der Waals surface area contributed by atoms with Gasteiger partial charge in [-0.15, -0.1) is 0 Å². The third-order valence-corrected chi connectivity index (χ3v) is 5.31. The molecule has 0 aliphatic heterocycles. The average molecular weight is 406 g/mol. The number of anilines is 2. The normalized spacial score (nSPS) is 10.7. The molecule has 0 fully saturated rings. The van der Waals surface area contributed by atoms with Gasteiger partial charge >= 0.3 is 0 Å². The van der Waals surface area contributed by atoms with E-state index in [0.717, 1.165) is 33.6 Å². The van der Waals surface area contributed by atoms with Crippen LogP contribution in [0.25, 0.3) is 22.3 Å². The molecule has 28 heavy (non-hydrogen) atoms. The lowest BCUT2D eigenvalue weighted by atomic mass is 10.0. The summed E-state index contributed by atoms with van der Waals surface area (Å²) in [6.45, 7) is 0. The van der Waals surface area contributed by atoms with Crippen molar-refractivity contribution in [2.75, 3.05) is 11.9 Å². The smallest absolute Gasteiger partial charge is 0.0675 e. The number of rotatable bonds is 4. The minimum absolute atomic E-state index is 0.695. The van der Waals surface area contributed by atoms with Crippen LogP contribution in [0, 0.1) is 0 Å². The molecule has 4 aromatic rings. The van der Waals surface area contributed by atoms with Gasteiger partial charge in [0.05, 0.1) is 23.8 Å². The van der Waals surface area contributed by atoms with E-state index in [1.165, 1.54) is 0 Å². The van der Waals surface area contributed by atoms with Crippen molar-refractivity contribution in [3.63, 3.8) is 0 Å². The SMILES string of the molecule is CN(c1cnccc1-c1ccccc1Cl)c1cnccc1-c1ccccc1Cl. The topological polar surface area (TPSA) is 29.0 Å². The summed E-state index contributed by atoms with van der Waals surface area (Å²) in [5, 5.41) is 1.39. The zero-order chi connectivity index (χ0) is 19.5. The molecule has 0 spiro atoms. The maximum absolute atomic E-state index is 6.46. The highest BCUT2D eigenvalue weighted by molar-refractivity contribution is 6.34. The molecular formula is C23H17Cl2N3. The van der Waals surface area contributed by atoms with Crippen LogP contribution in [0.5, 0.6) is 0 Å². The number of pyridine rings is 2. The highest BCUT2D eigenvalue weighted by atomic mass is 35.5. The Morgan fingerprint density at radius 1 is 0.607 bits per heavy atom. The largest absolute Gasteiger partial charge is 0.341 e. The minimum Gasteiger partial charge on any atom is -0.341 e. The molecule has 0 aliphatic rings. The number of aromatic nitrogens is 2. The molecule has 0 atom stereocenters. The van der Waals surface area contributed by atoms with Crippen LogP contribution < -0.4 is 4.90 Å². The quantitative estimate of drug-likeness (QED) is 0.370. The summed E-state index contributed by atoms with van der Waals surface area (Å²) in [6, 6.07) is 19.5. The van der Waals surface area contributed by atoms with Crippen LogP contribution in [0.2, 0.25) is 10.0 Å². The van der Waals surface area contributed by atoms with Gasteiger partial charge in [-0.1, -0.05) is 59.6 Å². The van der Waals surface area contributed by atoms with Crippen molar-refractivity contribution in [2.24, 2.45) is 0 Å². The Bertz CT molecular complexity index is 1040. The van der Waals surface area contributed by atoms with E-state index in [1.807, 2.05) is 80.1 Å². The van der Waals surface area contributed by atoms with E-state index < -0.39 is 0 Å². The van der Waals surface area contributed by atoms with Crippen LogP contribution >= 0.6 is 23.2 Å². The van der Waals surface area contributed by atoms with E-state index in [9.17, 15) is 0 Å². The van der Waals surface area contributed by atoms with Crippen LogP contribution in [0.15, 0.2) is 85.5 Å². The molecule has 0 radical (unpaired) electrons. The van der Waals surface area contributed by atoms with Crippen LogP contribution in [0.1, 0.15) is 0 Å². The second kappa shape index (κ2) is 8.01. The van der Waals surface area contributed by atoms with Gasteiger partial charge in [0, 0.05) is 51.7 Å². The molecule has 2 heterocycles. The van der Waals surface area contributed by atoms with E-state index in [2.05, 4.69) is 14.9 Å². The Morgan fingerprint density at radius 2 is 1.04 bits per heavy atom. The summed E-state index contributed by atoms with van der Waals surface area (Å²) in [7, 11) is 1.99. The van der Waals surface area contributed by atoms with Gasteiger partial charge in [0.15, 0.2) is 0 Å². The molecule has 0 saturated heterocycles. The number of hydrogen-bond acceptors (Lipinski definition) is 3. The van der Waals surface area contributed by atoms with Crippen LogP contribution in [0.3, 0.4) is 0 Å². The van der Waals surface area contributed by atoms with Gasteiger partial charge in [-0.25, -0.2) is 0 Å². The lowest BCUT2D eigenvalue weighted by Crippen LogP contribution is -2.12. The second-order valence-corrected chi connectivity index (χ2v) is 7.12. The van der Waals surface area contributed by atoms with E-state index in [4.69, 9.17) is 23.2 Å². The van der Waals surface area contributed by atoms with Crippen molar-refractivity contribution in [3.8, 4) is 22.3 Å². The third-order valence-electron chi connectivity index (χ3n) is 4.65. The molecule has 0 N–H and O–H groups in total. The zero-order valence-corrected chi connectivity index (χ0v) is 16.7. The second-order valence-electron chi connectivity index (χ2n) is 6.30. The van der Waals surface area contributed by atoms with E-state index in [1.54, 1.807) is 12.4 Å². The molecule has 0 aliphatic carbocycles. The van der Waals surface area contributed by atoms with Gasteiger partial charge in [0.1, 0.15) is 0 Å². The minimum atomic E-state index is 0.695. The van der Waals surface area contributed by atoms with Gasteiger partial charge < -0.3 is 4.90 Å². The third kappa shape index (κ3) is 3.47. The summed E-state index contributed by atoms with van der Waals surface area (Å²) >= 11 is 12.9. The first kappa shape index (κ1) is 18.5. The fourth-order valence-corrected chi connectivity index (χ4v) is 3.73. The Balaban J connectivity index is 1.86. The van der Waals surface area contributed by atoms with Gasteiger partial charge in [-0.05, 0) is 24.3 Å². The van der Waals surface area contributed by atoms with Gasteiger partial charge in [-0.2, -0.15) is 0 Å². The Morgan fingerprint density at radius 3 is 1.46 bits per heavy atom. The van der Waals surface area contributed by atoms with Crippen molar-refractivity contribution in [1.29, 1.82) is 0 Å². The first-order valence-electron chi connectivity index (χ1n) is 8.78. The summed E-state index contributed by atoms with van der Waals surface area (Å²) in [5.41, 5.74) is 5.76. The van der Waals surface area contributed by atoms with Crippen molar-refractivity contribution >= 4 is 34.6 Å². The first-order valence-corrected chi connectivity index (χ1v) is 9.54. The molecule has 0 bridgehead atoms. The van der Waals surface area contributed by atoms with E-state index in [-0.39, 0.29) is 0 Å². The van der Waals surface area contributed by atoms with Crippen molar-refractivity contribution in [3.05, 3.63) is 95.5 Å². The van der Waals surface area contributed by atoms with E-state index >= 15 is 0 Å². The highest BCUT2D eigenvalue weighted by Gasteiger charge is 2.17. The van der Waals surface area contributed by atoms with Crippen LogP contribution in [0.4, 0.5) is 11.4 Å². The van der Waals surface area contributed by atoms with Crippen molar-refractivity contribution < 1.29 is 0 Å².